The van der Waals surface area contributed by atoms with Gasteiger partial charge in [0.2, 0.25) is 0 Å². The van der Waals surface area contributed by atoms with Gasteiger partial charge in [-0.25, -0.2) is 9.59 Å². The molecule has 10 heteroatoms. The maximum Gasteiger partial charge on any atom is 0.414 e. The van der Waals surface area contributed by atoms with Crippen LogP contribution in [0.25, 0.3) is 5.57 Å². The molecule has 2 aliphatic rings. The topological polar surface area (TPSA) is 116 Å². The van der Waals surface area contributed by atoms with Gasteiger partial charge in [0.25, 0.3) is 5.88 Å². The first kappa shape index (κ1) is 21.3. The molecule has 3 heterocycles. The first-order valence-electron chi connectivity index (χ1n) is 8.99. The van der Waals surface area contributed by atoms with E-state index in [4.69, 9.17) is 24.5 Å². The number of carboxylic acid groups (broad SMARTS) is 2. The van der Waals surface area contributed by atoms with Crippen LogP contribution in [0.4, 0.5) is 0 Å². The Morgan fingerprint density at radius 3 is 2.52 bits per heavy atom. The summed E-state index contributed by atoms with van der Waals surface area (Å²) in [5.41, 5.74) is 2.21. The predicted octanol–water partition coefficient (Wildman–Crippen LogP) is 1.28. The third-order valence-electron chi connectivity index (χ3n) is 4.34. The molecule has 150 valence electrons. The third kappa shape index (κ3) is 7.24. The van der Waals surface area contributed by atoms with E-state index in [1.54, 1.807) is 0 Å². The van der Waals surface area contributed by atoms with E-state index >= 15 is 0 Å². The summed E-state index contributed by atoms with van der Waals surface area (Å²) in [6.07, 6.45) is 7.12. The minimum Gasteiger partial charge on any atom is -0.475 e. The van der Waals surface area contributed by atoms with E-state index in [-0.39, 0.29) is 0 Å². The number of nitrogens with zero attached hydrogens (tertiary/aromatic N) is 4. The second kappa shape index (κ2) is 11.0. The highest BCUT2D eigenvalue weighted by Crippen LogP contribution is 2.27. The Kier molecular flexibility index (Phi) is 8.62. The summed E-state index contributed by atoms with van der Waals surface area (Å²) < 4.78 is 14.6. The molecule has 0 amide bonds. The fourth-order valence-electron chi connectivity index (χ4n) is 3.00. The first-order chi connectivity index (χ1) is 13.0. The normalized spacial score (nSPS) is 17.7. The van der Waals surface area contributed by atoms with Gasteiger partial charge in [0.1, 0.15) is 5.69 Å². The summed E-state index contributed by atoms with van der Waals surface area (Å²) in [7, 11) is 2.14. The van der Waals surface area contributed by atoms with Crippen molar-refractivity contribution in [3.8, 4) is 5.88 Å². The average molecular weight is 398 g/mol. The van der Waals surface area contributed by atoms with Gasteiger partial charge < -0.3 is 24.7 Å². The molecule has 0 bridgehead atoms. The number of aliphatic carboxylic acids is 2. The molecule has 1 aromatic heterocycles. The van der Waals surface area contributed by atoms with Gasteiger partial charge in [0.15, 0.2) is 0 Å². The lowest BCUT2D eigenvalue weighted by molar-refractivity contribution is -0.159. The summed E-state index contributed by atoms with van der Waals surface area (Å²) in [4.78, 5) is 23.0. The van der Waals surface area contributed by atoms with E-state index in [1.807, 2.05) is 0 Å². The van der Waals surface area contributed by atoms with Gasteiger partial charge in [-0.05, 0) is 51.4 Å². The summed E-state index contributed by atoms with van der Waals surface area (Å²) in [6.45, 7) is 6.43. The highest BCUT2D eigenvalue weighted by molar-refractivity contribution is 6.99. The monoisotopic (exact) mass is 398 g/mol. The molecule has 0 aliphatic carbocycles. The quantitative estimate of drug-likeness (QED) is 0.540. The Morgan fingerprint density at radius 2 is 1.89 bits per heavy atom. The SMILES string of the molecule is CN1CCC=C(c2nsnc2OCCCN2CCCC2)C1.O=C(O)C(=O)O. The van der Waals surface area contributed by atoms with E-state index in [2.05, 4.69) is 31.7 Å². The van der Waals surface area contributed by atoms with E-state index in [9.17, 15) is 0 Å². The molecule has 0 unspecified atom stereocenters. The lowest BCUT2D eigenvalue weighted by atomic mass is 10.1. The Labute approximate surface area is 162 Å². The number of hydrogen-bond donors (Lipinski definition) is 2. The zero-order valence-electron chi connectivity index (χ0n) is 15.5. The van der Waals surface area contributed by atoms with Gasteiger partial charge in [0.05, 0.1) is 18.3 Å². The van der Waals surface area contributed by atoms with Crippen LogP contribution in [-0.2, 0) is 9.59 Å². The van der Waals surface area contributed by atoms with Crippen molar-refractivity contribution in [2.24, 2.45) is 0 Å². The highest BCUT2D eigenvalue weighted by Gasteiger charge is 2.18. The van der Waals surface area contributed by atoms with Crippen LogP contribution in [0.15, 0.2) is 6.08 Å². The van der Waals surface area contributed by atoms with E-state index in [0.717, 1.165) is 50.7 Å². The minimum absolute atomic E-state index is 0.725. The van der Waals surface area contributed by atoms with Gasteiger partial charge in [-0.2, -0.15) is 4.37 Å². The number of ether oxygens (including phenoxy) is 1. The van der Waals surface area contributed by atoms with Gasteiger partial charge in [-0.1, -0.05) is 6.08 Å². The molecular formula is C17H26N4O5S. The molecular weight excluding hydrogens is 372 g/mol. The zero-order valence-corrected chi connectivity index (χ0v) is 16.3. The van der Waals surface area contributed by atoms with Crippen LogP contribution in [0, 0.1) is 0 Å². The predicted molar refractivity (Wildman–Crippen MR) is 101 cm³/mol. The fraction of sp³-hybridized carbons (Fsp3) is 0.647. The summed E-state index contributed by atoms with van der Waals surface area (Å²) in [5, 5.41) is 14.8. The maximum absolute atomic E-state index is 9.10. The first-order valence-corrected chi connectivity index (χ1v) is 9.72. The summed E-state index contributed by atoms with van der Waals surface area (Å²) >= 11 is 1.25. The van der Waals surface area contributed by atoms with Crippen molar-refractivity contribution >= 4 is 29.2 Å². The molecule has 0 atom stereocenters. The molecule has 9 nitrogen and oxygen atoms in total. The minimum atomic E-state index is -1.82. The van der Waals surface area contributed by atoms with Gasteiger partial charge >= 0.3 is 11.9 Å². The summed E-state index contributed by atoms with van der Waals surface area (Å²) in [6, 6.07) is 0. The Morgan fingerprint density at radius 1 is 1.19 bits per heavy atom. The Balaban J connectivity index is 0.000000380. The fourth-order valence-corrected chi connectivity index (χ4v) is 3.53. The number of hydrogen-bond acceptors (Lipinski definition) is 8. The smallest absolute Gasteiger partial charge is 0.414 e. The number of carboxylic acids is 2. The highest BCUT2D eigenvalue weighted by atomic mass is 32.1. The third-order valence-corrected chi connectivity index (χ3v) is 4.86. The van der Waals surface area contributed by atoms with Crippen molar-refractivity contribution in [3.63, 3.8) is 0 Å². The Bertz CT molecular complexity index is 646. The number of likely N-dealkylation sites (N-methyl/N-ethyl adjacent to an activating group) is 1. The van der Waals surface area contributed by atoms with Gasteiger partial charge in [-0.15, -0.1) is 4.37 Å². The van der Waals surface area contributed by atoms with Gasteiger partial charge in [0, 0.05) is 19.6 Å². The molecule has 1 fully saturated rings. The van der Waals surface area contributed by atoms with E-state index in [0.29, 0.717) is 0 Å². The number of carbonyl (C=O) groups is 2. The molecule has 27 heavy (non-hydrogen) atoms. The lowest BCUT2D eigenvalue weighted by Gasteiger charge is -2.22. The maximum atomic E-state index is 9.10. The van der Waals surface area contributed by atoms with E-state index in [1.165, 1.54) is 43.2 Å². The molecule has 0 aromatic carbocycles. The molecule has 0 saturated carbocycles. The lowest BCUT2D eigenvalue weighted by Crippen LogP contribution is -2.25. The average Bonchev–Trinajstić information content (AvgIpc) is 3.31. The molecule has 1 saturated heterocycles. The molecule has 1 aromatic rings. The molecule has 2 aliphatic heterocycles. The van der Waals surface area contributed by atoms with Crippen LogP contribution < -0.4 is 4.74 Å². The van der Waals surface area contributed by atoms with Crippen LogP contribution in [0.2, 0.25) is 0 Å². The van der Waals surface area contributed by atoms with Crippen molar-refractivity contribution < 1.29 is 24.5 Å². The second-order valence-corrected chi connectivity index (χ2v) is 7.06. The second-order valence-electron chi connectivity index (χ2n) is 6.53. The van der Waals surface area contributed by atoms with Crippen molar-refractivity contribution in [1.82, 2.24) is 18.5 Å². The van der Waals surface area contributed by atoms with Crippen molar-refractivity contribution in [1.29, 1.82) is 0 Å². The molecule has 2 N–H and O–H groups in total. The van der Waals surface area contributed by atoms with Gasteiger partial charge in [-0.3, -0.25) is 0 Å². The standard InChI is InChI=1S/C15H24N4OS.C2H2O4/c1-18-7-4-6-13(12-18)14-15(17-21-16-14)20-11-5-10-19-8-2-3-9-19;3-1(4)2(5)6/h6H,2-5,7-12H2,1H3;(H,3,4)(H,5,6). The molecule has 0 radical (unpaired) electrons. The number of aromatic nitrogens is 2. The largest absolute Gasteiger partial charge is 0.475 e. The number of rotatable bonds is 6. The van der Waals surface area contributed by atoms with Crippen LogP contribution in [0.3, 0.4) is 0 Å². The summed E-state index contributed by atoms with van der Waals surface area (Å²) in [5.74, 6) is -2.92. The van der Waals surface area contributed by atoms with Crippen molar-refractivity contribution in [2.75, 3.05) is 46.4 Å². The molecule has 0 spiro atoms. The zero-order chi connectivity index (χ0) is 19.6. The van der Waals surface area contributed by atoms with Crippen LogP contribution in [0.5, 0.6) is 5.88 Å². The van der Waals surface area contributed by atoms with Crippen LogP contribution >= 0.6 is 11.7 Å². The van der Waals surface area contributed by atoms with Crippen LogP contribution in [-0.4, -0.2) is 87.1 Å². The van der Waals surface area contributed by atoms with E-state index < -0.39 is 11.9 Å². The van der Waals surface area contributed by atoms with Crippen molar-refractivity contribution in [2.45, 2.75) is 25.7 Å². The van der Waals surface area contributed by atoms with Crippen LogP contribution in [0.1, 0.15) is 31.4 Å². The molecule has 3 rings (SSSR count). The van der Waals surface area contributed by atoms with Crippen molar-refractivity contribution in [3.05, 3.63) is 11.8 Å². The Hall–Kier alpha value is -2.04. The number of likely N-dealkylation sites (tertiary alicyclic amines) is 1.